The summed E-state index contributed by atoms with van der Waals surface area (Å²) < 4.78 is 4.52. The third-order valence-electron chi connectivity index (χ3n) is 1.93. The molecule has 0 aromatic carbocycles. The second-order valence-electron chi connectivity index (χ2n) is 2.67. The molecule has 0 saturated carbocycles. The van der Waals surface area contributed by atoms with Gasteiger partial charge in [0.15, 0.2) is 0 Å². The van der Waals surface area contributed by atoms with Crippen LogP contribution in [0, 0.1) is 0 Å². The predicted molar refractivity (Wildman–Crippen MR) is 41.9 cm³/mol. The average Bonchev–Trinajstić information content (AvgIpc) is 2.53. The first-order chi connectivity index (χ1) is 5.25. The van der Waals surface area contributed by atoms with Crippen molar-refractivity contribution in [2.75, 3.05) is 7.11 Å². The molecule has 3 heteroatoms. The lowest BCUT2D eigenvalue weighted by molar-refractivity contribution is -0.141. The largest absolute Gasteiger partial charge is 0.468 e. The summed E-state index contributed by atoms with van der Waals surface area (Å²) in [6.45, 7) is 0. The molecule has 0 saturated heterocycles. The van der Waals surface area contributed by atoms with Crippen LogP contribution in [0.15, 0.2) is 11.6 Å². The summed E-state index contributed by atoms with van der Waals surface area (Å²) in [5, 5.41) is 0. The highest BCUT2D eigenvalue weighted by Crippen LogP contribution is 2.19. The van der Waals surface area contributed by atoms with Gasteiger partial charge in [0, 0.05) is 0 Å². The molecule has 0 amide bonds. The van der Waals surface area contributed by atoms with Crippen LogP contribution in [-0.2, 0) is 9.53 Å². The van der Waals surface area contributed by atoms with Crippen LogP contribution in [0.2, 0.25) is 0 Å². The fourth-order valence-corrected chi connectivity index (χ4v) is 1.26. The van der Waals surface area contributed by atoms with Gasteiger partial charge in [-0.1, -0.05) is 6.08 Å². The summed E-state index contributed by atoms with van der Waals surface area (Å²) in [5.41, 5.74) is 6.62. The normalized spacial score (nSPS) is 19.3. The van der Waals surface area contributed by atoms with Gasteiger partial charge in [0.25, 0.3) is 0 Å². The van der Waals surface area contributed by atoms with Gasteiger partial charge in [0.2, 0.25) is 0 Å². The molecule has 1 rings (SSSR count). The number of carbonyl (C=O) groups is 1. The number of hydrogen-bond donors (Lipinski definition) is 1. The Morgan fingerprint density at radius 3 is 3.00 bits per heavy atom. The molecule has 11 heavy (non-hydrogen) atoms. The molecule has 1 aliphatic rings. The van der Waals surface area contributed by atoms with Gasteiger partial charge < -0.3 is 10.5 Å². The quantitative estimate of drug-likeness (QED) is 0.469. The predicted octanol–water partition coefficient (Wildman–Crippen LogP) is 0.597. The van der Waals surface area contributed by atoms with Crippen LogP contribution in [0.1, 0.15) is 19.3 Å². The van der Waals surface area contributed by atoms with Crippen molar-refractivity contribution in [3.8, 4) is 0 Å². The number of methoxy groups -OCH3 is 1. The highest BCUT2D eigenvalue weighted by molar-refractivity contribution is 5.79. The highest BCUT2D eigenvalue weighted by Gasteiger charge is 2.20. The van der Waals surface area contributed by atoms with Crippen molar-refractivity contribution in [2.45, 2.75) is 25.3 Å². The van der Waals surface area contributed by atoms with Crippen LogP contribution in [0.3, 0.4) is 0 Å². The molecule has 0 radical (unpaired) electrons. The van der Waals surface area contributed by atoms with E-state index in [0.29, 0.717) is 0 Å². The molecule has 3 nitrogen and oxygen atoms in total. The first-order valence-corrected chi connectivity index (χ1v) is 3.78. The monoisotopic (exact) mass is 155 g/mol. The van der Waals surface area contributed by atoms with E-state index in [4.69, 9.17) is 5.73 Å². The molecule has 1 aliphatic carbocycles. The molecule has 0 aromatic heterocycles. The Bertz CT molecular complexity index is 187. The van der Waals surface area contributed by atoms with Gasteiger partial charge in [-0.15, -0.1) is 0 Å². The second kappa shape index (κ2) is 3.53. The molecule has 0 fully saturated rings. The fourth-order valence-electron chi connectivity index (χ4n) is 1.26. The van der Waals surface area contributed by atoms with E-state index >= 15 is 0 Å². The maximum atomic E-state index is 10.9. The minimum Gasteiger partial charge on any atom is -0.468 e. The summed E-state index contributed by atoms with van der Waals surface area (Å²) in [6, 6.07) is -0.525. The van der Waals surface area contributed by atoms with Crippen molar-refractivity contribution in [3.63, 3.8) is 0 Å². The smallest absolute Gasteiger partial charge is 0.326 e. The van der Waals surface area contributed by atoms with E-state index in [1.54, 1.807) is 0 Å². The van der Waals surface area contributed by atoms with Crippen molar-refractivity contribution < 1.29 is 9.53 Å². The highest BCUT2D eigenvalue weighted by atomic mass is 16.5. The SMILES string of the molecule is COC(=O)C(N)C1=CCCC1. The first-order valence-electron chi connectivity index (χ1n) is 3.78. The number of ether oxygens (including phenoxy) is 1. The lowest BCUT2D eigenvalue weighted by Crippen LogP contribution is -2.32. The topological polar surface area (TPSA) is 52.3 Å². The molecule has 0 bridgehead atoms. The molecular formula is C8H13NO2. The minimum atomic E-state index is -0.525. The molecule has 0 heterocycles. The van der Waals surface area contributed by atoms with Crippen LogP contribution in [0.4, 0.5) is 0 Å². The number of hydrogen-bond acceptors (Lipinski definition) is 3. The van der Waals surface area contributed by atoms with Gasteiger partial charge in [0.05, 0.1) is 7.11 Å². The fraction of sp³-hybridized carbons (Fsp3) is 0.625. The van der Waals surface area contributed by atoms with E-state index in [-0.39, 0.29) is 5.97 Å². The zero-order chi connectivity index (χ0) is 8.27. The summed E-state index contributed by atoms with van der Waals surface area (Å²) in [4.78, 5) is 10.9. The molecule has 0 spiro atoms. The van der Waals surface area contributed by atoms with Gasteiger partial charge in [-0.25, -0.2) is 0 Å². The molecule has 62 valence electrons. The molecule has 2 N–H and O–H groups in total. The van der Waals surface area contributed by atoms with Crippen LogP contribution < -0.4 is 5.73 Å². The van der Waals surface area contributed by atoms with E-state index in [1.165, 1.54) is 7.11 Å². The van der Waals surface area contributed by atoms with Crippen LogP contribution >= 0.6 is 0 Å². The van der Waals surface area contributed by atoms with E-state index in [9.17, 15) is 4.79 Å². The second-order valence-corrected chi connectivity index (χ2v) is 2.67. The number of esters is 1. The summed E-state index contributed by atoms with van der Waals surface area (Å²) in [6.07, 6.45) is 5.12. The van der Waals surface area contributed by atoms with Crippen LogP contribution in [-0.4, -0.2) is 19.1 Å². The molecule has 1 unspecified atom stereocenters. The maximum Gasteiger partial charge on any atom is 0.326 e. The Labute approximate surface area is 66.2 Å². The van der Waals surface area contributed by atoms with Gasteiger partial charge in [-0.3, -0.25) is 4.79 Å². The summed E-state index contributed by atoms with van der Waals surface area (Å²) in [7, 11) is 1.36. The molecule has 0 aliphatic heterocycles. The zero-order valence-corrected chi connectivity index (χ0v) is 6.67. The van der Waals surface area contributed by atoms with E-state index < -0.39 is 6.04 Å². The number of nitrogens with two attached hydrogens (primary N) is 1. The standard InChI is InChI=1S/C8H13NO2/c1-11-8(10)7(9)6-4-2-3-5-6/h4,7H,2-3,5,9H2,1H3. The number of carbonyl (C=O) groups excluding carboxylic acids is 1. The lowest BCUT2D eigenvalue weighted by Gasteiger charge is -2.09. The molecule has 0 aromatic rings. The van der Waals surface area contributed by atoms with Gasteiger partial charge in [-0.05, 0) is 24.8 Å². The first kappa shape index (κ1) is 8.27. The molecular weight excluding hydrogens is 142 g/mol. The number of rotatable bonds is 2. The molecule has 1 atom stereocenters. The van der Waals surface area contributed by atoms with Crippen LogP contribution in [0.5, 0.6) is 0 Å². The minimum absolute atomic E-state index is 0.335. The Balaban J connectivity index is 2.52. The van der Waals surface area contributed by atoms with Gasteiger partial charge >= 0.3 is 5.97 Å². The van der Waals surface area contributed by atoms with Crippen molar-refractivity contribution in [1.82, 2.24) is 0 Å². The van der Waals surface area contributed by atoms with Crippen molar-refractivity contribution in [3.05, 3.63) is 11.6 Å². The average molecular weight is 155 g/mol. The van der Waals surface area contributed by atoms with Crippen molar-refractivity contribution >= 4 is 5.97 Å². The third-order valence-corrected chi connectivity index (χ3v) is 1.93. The lowest BCUT2D eigenvalue weighted by atomic mass is 10.1. The van der Waals surface area contributed by atoms with Crippen LogP contribution in [0.25, 0.3) is 0 Å². The number of allylic oxidation sites excluding steroid dienone is 1. The Morgan fingerprint density at radius 1 is 1.82 bits per heavy atom. The van der Waals surface area contributed by atoms with Gasteiger partial charge in [-0.2, -0.15) is 0 Å². The summed E-state index contributed by atoms with van der Waals surface area (Å²) >= 11 is 0. The van der Waals surface area contributed by atoms with E-state index in [2.05, 4.69) is 4.74 Å². The van der Waals surface area contributed by atoms with Crippen molar-refractivity contribution in [2.24, 2.45) is 5.73 Å². The van der Waals surface area contributed by atoms with E-state index in [0.717, 1.165) is 24.8 Å². The zero-order valence-electron chi connectivity index (χ0n) is 6.67. The van der Waals surface area contributed by atoms with Gasteiger partial charge in [0.1, 0.15) is 6.04 Å². The van der Waals surface area contributed by atoms with E-state index in [1.807, 2.05) is 6.08 Å². The Hall–Kier alpha value is -0.830. The Morgan fingerprint density at radius 2 is 2.55 bits per heavy atom. The summed E-state index contributed by atoms with van der Waals surface area (Å²) in [5.74, 6) is -0.335. The third kappa shape index (κ3) is 1.80. The Kier molecular flexibility index (Phi) is 2.65. The van der Waals surface area contributed by atoms with Crippen molar-refractivity contribution in [1.29, 1.82) is 0 Å². The maximum absolute atomic E-state index is 10.9.